The van der Waals surface area contributed by atoms with Crippen LogP contribution in [0.1, 0.15) is 28.8 Å². The van der Waals surface area contributed by atoms with E-state index >= 15 is 0 Å². The molecule has 0 saturated carbocycles. The van der Waals surface area contributed by atoms with Gasteiger partial charge < -0.3 is 15.0 Å². The zero-order valence-electron chi connectivity index (χ0n) is 17.3. The molecule has 0 fully saturated rings. The van der Waals surface area contributed by atoms with Crippen LogP contribution in [0.15, 0.2) is 58.5 Å². The number of thioether (sulfide) groups is 1. The molecule has 2 N–H and O–H groups in total. The van der Waals surface area contributed by atoms with Crippen LogP contribution in [-0.4, -0.2) is 23.0 Å². The average molecular weight is 424 g/mol. The summed E-state index contributed by atoms with van der Waals surface area (Å²) < 4.78 is 5.29. The lowest BCUT2D eigenvalue weighted by atomic mass is 10.1. The first kappa shape index (κ1) is 21.6. The van der Waals surface area contributed by atoms with Crippen molar-refractivity contribution < 1.29 is 9.53 Å². The number of carbonyl (C=O) groups excluding carboxylic acids is 1. The molecule has 6 nitrogen and oxygen atoms in total. The van der Waals surface area contributed by atoms with E-state index in [-0.39, 0.29) is 17.9 Å². The lowest BCUT2D eigenvalue weighted by Crippen LogP contribution is -2.20. The minimum Gasteiger partial charge on any atom is -0.495 e. The molecule has 1 amide bonds. The molecule has 0 atom stereocenters. The van der Waals surface area contributed by atoms with Crippen molar-refractivity contribution >= 4 is 23.4 Å². The smallest absolute Gasteiger partial charge is 0.254 e. The van der Waals surface area contributed by atoms with Crippen molar-refractivity contribution in [3.8, 4) is 5.75 Å². The summed E-state index contributed by atoms with van der Waals surface area (Å²) in [6.07, 6.45) is 0.497. The molecular weight excluding hydrogens is 398 g/mol. The van der Waals surface area contributed by atoms with Gasteiger partial charge in [-0.3, -0.25) is 9.59 Å². The Bertz CT molecular complexity index is 1080. The number of rotatable bonds is 8. The Labute approximate surface area is 180 Å². The number of hydrogen-bond acceptors (Lipinski definition) is 5. The number of H-pyrrole nitrogens is 1. The standard InChI is InChI=1S/C23H25N3O3S/c1-15-9-11-20(29-3)19(13-15)25-21(27)12-10-18-16(2)24-23(26-22(18)28)30-14-17-7-5-4-6-8-17/h4-9,11,13H,10,12,14H2,1-3H3,(H,25,27)(H,24,26,28). The van der Waals surface area contributed by atoms with Crippen molar-refractivity contribution in [1.29, 1.82) is 0 Å². The molecule has 30 heavy (non-hydrogen) atoms. The summed E-state index contributed by atoms with van der Waals surface area (Å²) in [6.45, 7) is 3.75. The highest BCUT2D eigenvalue weighted by molar-refractivity contribution is 7.98. The van der Waals surface area contributed by atoms with E-state index in [1.54, 1.807) is 14.0 Å². The summed E-state index contributed by atoms with van der Waals surface area (Å²) in [4.78, 5) is 32.3. The third-order valence-corrected chi connectivity index (χ3v) is 5.59. The highest BCUT2D eigenvalue weighted by Gasteiger charge is 2.13. The SMILES string of the molecule is COc1ccc(C)cc1NC(=O)CCc1c(C)nc(SCc2ccccc2)[nH]c1=O. The number of nitrogens with one attached hydrogen (secondary N) is 2. The summed E-state index contributed by atoms with van der Waals surface area (Å²) in [5.41, 5.74) is 3.79. The number of carbonyl (C=O) groups is 1. The van der Waals surface area contributed by atoms with E-state index in [1.165, 1.54) is 11.8 Å². The van der Waals surface area contributed by atoms with Crippen molar-refractivity contribution in [2.45, 2.75) is 37.6 Å². The van der Waals surface area contributed by atoms with Crippen LogP contribution in [-0.2, 0) is 17.0 Å². The minimum atomic E-state index is -0.195. The molecule has 156 valence electrons. The van der Waals surface area contributed by atoms with Gasteiger partial charge in [0.2, 0.25) is 5.91 Å². The topological polar surface area (TPSA) is 84.1 Å². The highest BCUT2D eigenvalue weighted by atomic mass is 32.2. The number of benzene rings is 2. The Balaban J connectivity index is 1.62. The van der Waals surface area contributed by atoms with E-state index in [2.05, 4.69) is 15.3 Å². The molecule has 0 radical (unpaired) electrons. The zero-order chi connectivity index (χ0) is 21.5. The van der Waals surface area contributed by atoms with Crippen molar-refractivity contribution in [2.75, 3.05) is 12.4 Å². The predicted molar refractivity (Wildman–Crippen MR) is 120 cm³/mol. The summed E-state index contributed by atoms with van der Waals surface area (Å²) in [5.74, 6) is 1.15. The number of anilines is 1. The molecule has 0 saturated heterocycles. The molecule has 7 heteroatoms. The largest absolute Gasteiger partial charge is 0.495 e. The summed E-state index contributed by atoms with van der Waals surface area (Å²) in [5, 5.41) is 3.44. The number of hydrogen-bond donors (Lipinski definition) is 2. The van der Waals surface area contributed by atoms with Crippen LogP contribution in [0.3, 0.4) is 0 Å². The van der Waals surface area contributed by atoms with Crippen molar-refractivity contribution in [2.24, 2.45) is 0 Å². The third kappa shape index (κ3) is 5.73. The third-order valence-electron chi connectivity index (χ3n) is 4.65. The number of nitrogens with zero attached hydrogens (tertiary/aromatic N) is 1. The van der Waals surface area contributed by atoms with E-state index in [0.29, 0.717) is 34.3 Å². The molecule has 2 aromatic carbocycles. The number of aromatic amines is 1. The minimum absolute atomic E-state index is 0.180. The van der Waals surface area contributed by atoms with Gasteiger partial charge in [0, 0.05) is 23.4 Å². The van der Waals surface area contributed by atoms with E-state index in [1.807, 2.05) is 55.5 Å². The Morgan fingerprint density at radius 1 is 1.17 bits per heavy atom. The highest BCUT2D eigenvalue weighted by Crippen LogP contribution is 2.25. The van der Waals surface area contributed by atoms with Crippen LogP contribution < -0.4 is 15.6 Å². The number of aryl methyl sites for hydroxylation is 2. The molecule has 0 aliphatic heterocycles. The molecule has 3 rings (SSSR count). The van der Waals surface area contributed by atoms with E-state index in [9.17, 15) is 9.59 Å². The number of amides is 1. The van der Waals surface area contributed by atoms with E-state index < -0.39 is 0 Å². The Morgan fingerprint density at radius 3 is 2.63 bits per heavy atom. The second-order valence-electron chi connectivity index (χ2n) is 6.96. The Hall–Kier alpha value is -3.06. The predicted octanol–water partition coefficient (Wildman–Crippen LogP) is 4.26. The lowest BCUT2D eigenvalue weighted by Gasteiger charge is -2.11. The molecule has 0 unspecified atom stereocenters. The maximum atomic E-state index is 12.5. The van der Waals surface area contributed by atoms with Gasteiger partial charge in [-0.1, -0.05) is 48.2 Å². The first-order valence-corrected chi connectivity index (χ1v) is 10.7. The van der Waals surface area contributed by atoms with Gasteiger partial charge in [-0.05, 0) is 43.5 Å². The van der Waals surface area contributed by atoms with Gasteiger partial charge in [0.1, 0.15) is 5.75 Å². The second kappa shape index (κ2) is 10.1. The number of aromatic nitrogens is 2. The summed E-state index contributed by atoms with van der Waals surface area (Å²) >= 11 is 1.48. The molecule has 0 aliphatic rings. The maximum absolute atomic E-state index is 12.5. The fourth-order valence-corrected chi connectivity index (χ4v) is 3.91. The van der Waals surface area contributed by atoms with Crippen LogP contribution in [0.25, 0.3) is 0 Å². The molecule has 0 aliphatic carbocycles. The number of ether oxygens (including phenoxy) is 1. The quantitative estimate of drug-likeness (QED) is 0.418. The molecule has 3 aromatic rings. The first-order valence-electron chi connectivity index (χ1n) is 9.67. The maximum Gasteiger partial charge on any atom is 0.254 e. The van der Waals surface area contributed by atoms with Crippen LogP contribution in [0.5, 0.6) is 5.75 Å². The molecular formula is C23H25N3O3S. The van der Waals surface area contributed by atoms with E-state index in [0.717, 1.165) is 16.9 Å². The molecule has 1 heterocycles. The van der Waals surface area contributed by atoms with Crippen molar-refractivity contribution in [3.05, 3.63) is 81.3 Å². The molecule has 1 aromatic heterocycles. The van der Waals surface area contributed by atoms with Crippen LogP contribution >= 0.6 is 11.8 Å². The first-order chi connectivity index (χ1) is 14.5. The van der Waals surface area contributed by atoms with Crippen LogP contribution in [0.2, 0.25) is 0 Å². The average Bonchev–Trinajstić information content (AvgIpc) is 2.72. The second-order valence-corrected chi connectivity index (χ2v) is 7.93. The van der Waals surface area contributed by atoms with Gasteiger partial charge in [-0.2, -0.15) is 0 Å². The van der Waals surface area contributed by atoms with Gasteiger partial charge in [0.05, 0.1) is 12.8 Å². The fourth-order valence-electron chi connectivity index (χ4n) is 3.04. The van der Waals surface area contributed by atoms with Gasteiger partial charge >= 0.3 is 0 Å². The monoisotopic (exact) mass is 423 g/mol. The van der Waals surface area contributed by atoms with Crippen LogP contribution in [0, 0.1) is 13.8 Å². The summed E-state index contributed by atoms with van der Waals surface area (Å²) in [6, 6.07) is 15.6. The Morgan fingerprint density at radius 2 is 1.93 bits per heavy atom. The van der Waals surface area contributed by atoms with Crippen molar-refractivity contribution in [3.63, 3.8) is 0 Å². The number of methoxy groups -OCH3 is 1. The Kier molecular flexibility index (Phi) is 7.30. The normalized spacial score (nSPS) is 10.6. The fraction of sp³-hybridized carbons (Fsp3) is 0.261. The molecule has 0 spiro atoms. The summed E-state index contributed by atoms with van der Waals surface area (Å²) in [7, 11) is 1.56. The zero-order valence-corrected chi connectivity index (χ0v) is 18.1. The van der Waals surface area contributed by atoms with E-state index in [4.69, 9.17) is 4.74 Å². The molecule has 0 bridgehead atoms. The van der Waals surface area contributed by atoms with Crippen LogP contribution in [0.4, 0.5) is 5.69 Å². The van der Waals surface area contributed by atoms with Gasteiger partial charge in [0.15, 0.2) is 5.16 Å². The lowest BCUT2D eigenvalue weighted by molar-refractivity contribution is -0.116. The van der Waals surface area contributed by atoms with Gasteiger partial charge in [-0.15, -0.1) is 0 Å². The van der Waals surface area contributed by atoms with Gasteiger partial charge in [0.25, 0.3) is 5.56 Å². The van der Waals surface area contributed by atoms with Crippen molar-refractivity contribution in [1.82, 2.24) is 9.97 Å². The van der Waals surface area contributed by atoms with Gasteiger partial charge in [-0.25, -0.2) is 4.98 Å².